The number of ether oxygens (including phenoxy) is 1. The van der Waals surface area contributed by atoms with E-state index in [1.165, 1.54) is 12.4 Å². The molecule has 106 valence electrons. The number of anilines is 2. The van der Waals surface area contributed by atoms with Crippen LogP contribution in [-0.2, 0) is 0 Å². The van der Waals surface area contributed by atoms with Crippen LogP contribution in [0.2, 0.25) is 0 Å². The summed E-state index contributed by atoms with van der Waals surface area (Å²) in [6, 6.07) is 10.3. The quantitative estimate of drug-likeness (QED) is 0.767. The molecule has 2 aromatic carbocycles. The molecule has 3 aromatic rings. The Balaban J connectivity index is 2.04. The van der Waals surface area contributed by atoms with E-state index in [0.29, 0.717) is 21.7 Å². The molecule has 1 heterocycles. The van der Waals surface area contributed by atoms with Crippen molar-refractivity contribution in [2.45, 2.75) is 0 Å². The molecule has 0 amide bonds. The first-order valence-corrected chi connectivity index (χ1v) is 6.97. The molecule has 21 heavy (non-hydrogen) atoms. The van der Waals surface area contributed by atoms with Gasteiger partial charge in [-0.1, -0.05) is 15.9 Å². The van der Waals surface area contributed by atoms with Gasteiger partial charge in [0.1, 0.15) is 23.7 Å². The highest BCUT2D eigenvalue weighted by atomic mass is 79.9. The lowest BCUT2D eigenvalue weighted by molar-refractivity contribution is 0.415. The van der Waals surface area contributed by atoms with Crippen LogP contribution in [0.5, 0.6) is 5.75 Å². The average molecular weight is 348 g/mol. The van der Waals surface area contributed by atoms with Crippen molar-refractivity contribution < 1.29 is 9.13 Å². The van der Waals surface area contributed by atoms with E-state index in [1.807, 2.05) is 12.1 Å². The van der Waals surface area contributed by atoms with Crippen molar-refractivity contribution in [3.63, 3.8) is 0 Å². The summed E-state index contributed by atoms with van der Waals surface area (Å²) >= 11 is 3.23. The molecule has 0 fully saturated rings. The minimum absolute atomic E-state index is 0.356. The number of aromatic nitrogens is 2. The Kier molecular flexibility index (Phi) is 3.70. The van der Waals surface area contributed by atoms with Gasteiger partial charge in [-0.3, -0.25) is 0 Å². The van der Waals surface area contributed by atoms with Gasteiger partial charge in [0.25, 0.3) is 0 Å². The van der Waals surface area contributed by atoms with Crippen LogP contribution in [-0.4, -0.2) is 17.1 Å². The summed E-state index contributed by atoms with van der Waals surface area (Å²) in [5.74, 6) is 0.899. The first kappa shape index (κ1) is 13.8. The van der Waals surface area contributed by atoms with Crippen LogP contribution in [0.1, 0.15) is 0 Å². The molecule has 0 saturated carbocycles. The molecule has 1 aromatic heterocycles. The van der Waals surface area contributed by atoms with Crippen molar-refractivity contribution in [2.75, 3.05) is 12.4 Å². The van der Waals surface area contributed by atoms with Crippen LogP contribution in [0.4, 0.5) is 15.9 Å². The number of nitrogens with zero attached hydrogens (tertiary/aromatic N) is 2. The van der Waals surface area contributed by atoms with E-state index >= 15 is 0 Å². The van der Waals surface area contributed by atoms with Gasteiger partial charge < -0.3 is 10.1 Å². The van der Waals surface area contributed by atoms with E-state index < -0.39 is 0 Å². The smallest absolute Gasteiger partial charge is 0.147 e. The van der Waals surface area contributed by atoms with Crippen molar-refractivity contribution >= 4 is 38.3 Å². The lowest BCUT2D eigenvalue weighted by Gasteiger charge is -2.10. The highest BCUT2D eigenvalue weighted by Crippen LogP contribution is 2.28. The molecule has 1 N–H and O–H groups in total. The standard InChI is InChI=1S/C15H11BrFN3O/c1-21-10-3-4-11-14(7-10)18-8-19-15(11)20-13-5-2-9(16)6-12(13)17/h2-8H,1H3,(H,18,19,20). The molecule has 0 atom stereocenters. The third kappa shape index (κ3) is 2.80. The monoisotopic (exact) mass is 347 g/mol. The first-order valence-electron chi connectivity index (χ1n) is 6.18. The second-order valence-electron chi connectivity index (χ2n) is 4.35. The van der Waals surface area contributed by atoms with Gasteiger partial charge in [-0.05, 0) is 30.3 Å². The zero-order valence-electron chi connectivity index (χ0n) is 11.1. The molecule has 6 heteroatoms. The maximum atomic E-state index is 13.9. The number of nitrogens with one attached hydrogen (secondary N) is 1. The molecule has 0 aliphatic rings. The van der Waals surface area contributed by atoms with Gasteiger partial charge in [-0.15, -0.1) is 0 Å². The summed E-state index contributed by atoms with van der Waals surface area (Å²) in [7, 11) is 1.60. The van der Waals surface area contributed by atoms with E-state index in [0.717, 1.165) is 10.9 Å². The maximum Gasteiger partial charge on any atom is 0.147 e. The van der Waals surface area contributed by atoms with Gasteiger partial charge in [0.2, 0.25) is 0 Å². The SMILES string of the molecule is COc1ccc2c(Nc3ccc(Br)cc3F)ncnc2c1. The maximum absolute atomic E-state index is 13.9. The molecule has 3 rings (SSSR count). The number of benzene rings is 2. The lowest BCUT2D eigenvalue weighted by atomic mass is 10.2. The van der Waals surface area contributed by atoms with E-state index in [2.05, 4.69) is 31.2 Å². The van der Waals surface area contributed by atoms with E-state index in [-0.39, 0.29) is 5.82 Å². The highest BCUT2D eigenvalue weighted by Gasteiger charge is 2.08. The minimum atomic E-state index is -0.357. The fraction of sp³-hybridized carbons (Fsp3) is 0.0667. The number of hydrogen-bond donors (Lipinski definition) is 1. The van der Waals surface area contributed by atoms with Crippen LogP contribution >= 0.6 is 15.9 Å². The summed E-state index contributed by atoms with van der Waals surface area (Å²) in [4.78, 5) is 8.38. The fourth-order valence-corrected chi connectivity index (χ4v) is 2.31. The largest absolute Gasteiger partial charge is 0.497 e. The van der Waals surface area contributed by atoms with Gasteiger partial charge >= 0.3 is 0 Å². The molecule has 4 nitrogen and oxygen atoms in total. The molecule has 0 unspecified atom stereocenters. The lowest BCUT2D eigenvalue weighted by Crippen LogP contribution is -1.98. The van der Waals surface area contributed by atoms with Gasteiger partial charge in [0.15, 0.2) is 0 Å². The highest BCUT2D eigenvalue weighted by molar-refractivity contribution is 9.10. The van der Waals surface area contributed by atoms with Crippen molar-refractivity contribution in [3.8, 4) is 5.75 Å². The number of halogens is 2. The molecular formula is C15H11BrFN3O. The Bertz CT molecular complexity index is 810. The van der Waals surface area contributed by atoms with E-state index in [4.69, 9.17) is 4.74 Å². The molecule has 0 radical (unpaired) electrons. The molecular weight excluding hydrogens is 337 g/mol. The predicted octanol–water partition coefficient (Wildman–Crippen LogP) is 4.28. The molecule has 0 aliphatic heterocycles. The van der Waals surface area contributed by atoms with Gasteiger partial charge in [0.05, 0.1) is 18.3 Å². The predicted molar refractivity (Wildman–Crippen MR) is 83.5 cm³/mol. The third-order valence-corrected chi connectivity index (χ3v) is 3.52. The molecule has 0 bridgehead atoms. The number of methoxy groups -OCH3 is 1. The van der Waals surface area contributed by atoms with Crippen molar-refractivity contribution in [1.29, 1.82) is 0 Å². The minimum Gasteiger partial charge on any atom is -0.497 e. The van der Waals surface area contributed by atoms with Crippen molar-refractivity contribution in [2.24, 2.45) is 0 Å². The molecule has 0 spiro atoms. The molecule has 0 saturated heterocycles. The Morgan fingerprint density at radius 2 is 2.00 bits per heavy atom. The Hall–Kier alpha value is -2.21. The Morgan fingerprint density at radius 1 is 1.14 bits per heavy atom. The van der Waals surface area contributed by atoms with Crippen LogP contribution in [0, 0.1) is 5.82 Å². The third-order valence-electron chi connectivity index (χ3n) is 3.03. The van der Waals surface area contributed by atoms with Crippen LogP contribution in [0.15, 0.2) is 47.2 Å². The van der Waals surface area contributed by atoms with Crippen LogP contribution < -0.4 is 10.1 Å². The van der Waals surface area contributed by atoms with Crippen LogP contribution in [0.25, 0.3) is 10.9 Å². The summed E-state index contributed by atoms with van der Waals surface area (Å²) < 4.78 is 19.7. The summed E-state index contributed by atoms with van der Waals surface area (Å²) in [5, 5.41) is 3.78. The fourth-order valence-electron chi connectivity index (χ4n) is 1.98. The van der Waals surface area contributed by atoms with E-state index in [9.17, 15) is 4.39 Å². The summed E-state index contributed by atoms with van der Waals surface area (Å²) in [6.45, 7) is 0. The van der Waals surface area contributed by atoms with Crippen molar-refractivity contribution in [1.82, 2.24) is 9.97 Å². The van der Waals surface area contributed by atoms with Gasteiger partial charge in [-0.2, -0.15) is 0 Å². The second kappa shape index (κ2) is 5.65. The average Bonchev–Trinajstić information content (AvgIpc) is 2.49. The second-order valence-corrected chi connectivity index (χ2v) is 5.27. The summed E-state index contributed by atoms with van der Waals surface area (Å²) in [6.07, 6.45) is 1.43. The zero-order chi connectivity index (χ0) is 14.8. The number of rotatable bonds is 3. The van der Waals surface area contributed by atoms with Crippen LogP contribution in [0.3, 0.4) is 0 Å². The Labute approximate surface area is 129 Å². The number of hydrogen-bond acceptors (Lipinski definition) is 4. The van der Waals surface area contributed by atoms with E-state index in [1.54, 1.807) is 25.3 Å². The zero-order valence-corrected chi connectivity index (χ0v) is 12.7. The van der Waals surface area contributed by atoms with Gasteiger partial charge in [0, 0.05) is 15.9 Å². The topological polar surface area (TPSA) is 47.0 Å². The Morgan fingerprint density at radius 3 is 2.76 bits per heavy atom. The summed E-state index contributed by atoms with van der Waals surface area (Å²) in [5.41, 5.74) is 1.08. The normalized spacial score (nSPS) is 10.6. The van der Waals surface area contributed by atoms with Crippen molar-refractivity contribution in [3.05, 3.63) is 53.0 Å². The number of fused-ring (bicyclic) bond motifs is 1. The first-order chi connectivity index (χ1) is 10.2. The van der Waals surface area contributed by atoms with Gasteiger partial charge in [-0.25, -0.2) is 14.4 Å². The molecule has 0 aliphatic carbocycles.